The van der Waals surface area contributed by atoms with Crippen molar-refractivity contribution in [2.45, 2.75) is 119 Å². The highest BCUT2D eigenvalue weighted by atomic mass is 16.2. The van der Waals surface area contributed by atoms with Crippen LogP contribution in [0.4, 0.5) is 0 Å². The van der Waals surface area contributed by atoms with Gasteiger partial charge in [0.1, 0.15) is 6.07 Å². The van der Waals surface area contributed by atoms with Crippen LogP contribution in [0.3, 0.4) is 0 Å². The minimum absolute atomic E-state index is 0.0270. The molecule has 3 saturated carbocycles. The van der Waals surface area contributed by atoms with Gasteiger partial charge in [0.05, 0.1) is 5.57 Å². The van der Waals surface area contributed by atoms with Crippen molar-refractivity contribution in [2.75, 3.05) is 13.1 Å². The van der Waals surface area contributed by atoms with Crippen LogP contribution in [0.25, 0.3) is 0 Å². The maximum absolute atomic E-state index is 14.6. The molecule has 0 aromatic heterocycles. The Morgan fingerprint density at radius 2 is 1.69 bits per heavy atom. The van der Waals surface area contributed by atoms with E-state index in [2.05, 4.69) is 53.0 Å². The number of hydrogen-bond donors (Lipinski definition) is 0. The SMILES string of the molecule is C=C(C#N)C(=O)[C@@H](C)[C@@H]1CC[C@]2(C)C(=CC(=O)C3C4CC(C)(C)CC[C@]4(CCC(=O)N4CCCC4)CC[C@]32C)C1(C)C. The van der Waals surface area contributed by atoms with Crippen molar-refractivity contribution in [1.82, 2.24) is 4.90 Å². The molecule has 0 aromatic carbocycles. The van der Waals surface area contributed by atoms with Gasteiger partial charge < -0.3 is 4.90 Å². The van der Waals surface area contributed by atoms with Crippen LogP contribution >= 0.6 is 0 Å². The number of fused-ring (bicyclic) bond motifs is 5. The number of likely N-dealkylation sites (tertiary alicyclic amines) is 1. The Balaban J connectivity index is 1.50. The van der Waals surface area contributed by atoms with Gasteiger partial charge in [-0.2, -0.15) is 5.26 Å². The van der Waals surface area contributed by atoms with Crippen LogP contribution in [0.5, 0.6) is 0 Å². The van der Waals surface area contributed by atoms with Crippen LogP contribution in [-0.4, -0.2) is 35.5 Å². The summed E-state index contributed by atoms with van der Waals surface area (Å²) in [6.45, 7) is 21.5. The van der Waals surface area contributed by atoms with E-state index in [4.69, 9.17) is 0 Å². The van der Waals surface area contributed by atoms with Crippen LogP contribution in [0.2, 0.25) is 0 Å². The van der Waals surface area contributed by atoms with Crippen molar-refractivity contribution in [1.29, 1.82) is 5.26 Å². The van der Waals surface area contributed by atoms with Crippen LogP contribution in [0.1, 0.15) is 119 Å². The van der Waals surface area contributed by atoms with Gasteiger partial charge in [0.25, 0.3) is 0 Å². The van der Waals surface area contributed by atoms with E-state index in [0.29, 0.717) is 12.3 Å². The fourth-order valence-corrected chi connectivity index (χ4v) is 11.0. The topological polar surface area (TPSA) is 78.2 Å². The van der Waals surface area contributed by atoms with Gasteiger partial charge in [-0.05, 0) is 109 Å². The first kappa shape index (κ1) is 31.2. The number of amides is 1. The van der Waals surface area contributed by atoms with Crippen molar-refractivity contribution < 1.29 is 14.4 Å². The fourth-order valence-electron chi connectivity index (χ4n) is 11.0. The van der Waals surface area contributed by atoms with E-state index in [9.17, 15) is 19.6 Å². The molecule has 1 heterocycles. The lowest BCUT2D eigenvalue weighted by molar-refractivity contribution is -0.172. The third-order valence-corrected chi connectivity index (χ3v) is 13.9. The number of Topliss-reactive ketones (excluding diaryl/α,β-unsaturated/α-hetero) is 1. The summed E-state index contributed by atoms with van der Waals surface area (Å²) >= 11 is 0. The fraction of sp³-hybridized carbons (Fsp3) is 0.784. The molecule has 0 aromatic rings. The minimum atomic E-state index is -0.343. The molecule has 5 rings (SSSR count). The summed E-state index contributed by atoms with van der Waals surface area (Å²) in [5.74, 6) is 0.406. The first-order valence-corrected chi connectivity index (χ1v) is 16.7. The van der Waals surface area contributed by atoms with E-state index in [0.717, 1.165) is 77.3 Å². The second-order valence-corrected chi connectivity index (χ2v) is 16.7. The van der Waals surface area contributed by atoms with Crippen molar-refractivity contribution >= 4 is 17.5 Å². The summed E-state index contributed by atoms with van der Waals surface area (Å²) in [6.07, 6.45) is 13.0. The molecule has 5 nitrogen and oxygen atoms in total. The molecule has 0 bridgehead atoms. The Morgan fingerprint density at radius 1 is 1.05 bits per heavy atom. The number of nitrogens with zero attached hydrogens (tertiary/aromatic N) is 2. The van der Waals surface area contributed by atoms with Crippen molar-refractivity contribution in [3.63, 3.8) is 0 Å². The van der Waals surface area contributed by atoms with Gasteiger partial charge in [-0.25, -0.2) is 0 Å². The molecule has 5 aliphatic rings. The van der Waals surface area contributed by atoms with E-state index in [1.807, 2.05) is 19.1 Å². The average Bonchev–Trinajstić information content (AvgIpc) is 3.47. The molecule has 5 heteroatoms. The first-order valence-electron chi connectivity index (χ1n) is 16.7. The summed E-state index contributed by atoms with van der Waals surface area (Å²) in [7, 11) is 0. The van der Waals surface area contributed by atoms with E-state index in [1.165, 1.54) is 5.57 Å². The summed E-state index contributed by atoms with van der Waals surface area (Å²) in [4.78, 5) is 42.9. The van der Waals surface area contributed by atoms with Gasteiger partial charge in [0.2, 0.25) is 5.91 Å². The maximum atomic E-state index is 14.6. The van der Waals surface area contributed by atoms with Gasteiger partial charge >= 0.3 is 0 Å². The van der Waals surface area contributed by atoms with E-state index >= 15 is 0 Å². The maximum Gasteiger partial charge on any atom is 0.222 e. The second kappa shape index (κ2) is 10.4. The van der Waals surface area contributed by atoms with Crippen molar-refractivity contribution in [2.24, 2.45) is 50.7 Å². The van der Waals surface area contributed by atoms with Crippen LogP contribution in [0.15, 0.2) is 23.8 Å². The zero-order chi connectivity index (χ0) is 30.9. The van der Waals surface area contributed by atoms with Crippen LogP contribution in [-0.2, 0) is 14.4 Å². The number of carbonyl (C=O) groups is 3. The normalized spacial score (nSPS) is 39.2. The molecule has 0 radical (unpaired) electrons. The highest BCUT2D eigenvalue weighted by Crippen LogP contribution is 2.73. The Morgan fingerprint density at radius 3 is 2.33 bits per heavy atom. The molecule has 230 valence electrons. The number of allylic oxidation sites excluding steroid dienone is 3. The molecule has 1 aliphatic heterocycles. The average molecular weight is 575 g/mol. The summed E-state index contributed by atoms with van der Waals surface area (Å²) in [5.41, 5.74) is 0.831. The quantitative estimate of drug-likeness (QED) is 0.239. The smallest absolute Gasteiger partial charge is 0.222 e. The van der Waals surface area contributed by atoms with Gasteiger partial charge in [-0.1, -0.05) is 60.6 Å². The van der Waals surface area contributed by atoms with Crippen molar-refractivity contribution in [3.05, 3.63) is 23.8 Å². The number of hydrogen-bond acceptors (Lipinski definition) is 4. The molecule has 2 unspecified atom stereocenters. The van der Waals surface area contributed by atoms with Crippen molar-refractivity contribution in [3.8, 4) is 6.07 Å². The van der Waals surface area contributed by atoms with Crippen LogP contribution < -0.4 is 0 Å². The summed E-state index contributed by atoms with van der Waals surface area (Å²) in [5, 5.41) is 9.34. The Kier molecular flexibility index (Phi) is 7.77. The van der Waals surface area contributed by atoms with Gasteiger partial charge in [0, 0.05) is 31.3 Å². The Labute approximate surface area is 254 Å². The Bertz CT molecular complexity index is 1250. The molecule has 0 spiro atoms. The lowest BCUT2D eigenvalue weighted by Gasteiger charge is -2.68. The number of carbonyl (C=O) groups excluding carboxylic acids is 3. The molecule has 42 heavy (non-hydrogen) atoms. The third kappa shape index (κ3) is 4.66. The minimum Gasteiger partial charge on any atom is -0.343 e. The summed E-state index contributed by atoms with van der Waals surface area (Å²) in [6, 6.07) is 1.96. The monoisotopic (exact) mass is 574 g/mol. The lowest BCUT2D eigenvalue weighted by Crippen LogP contribution is -2.63. The zero-order valence-electron chi connectivity index (χ0n) is 27.4. The molecule has 4 aliphatic carbocycles. The van der Waals surface area contributed by atoms with Gasteiger partial charge in [-0.15, -0.1) is 0 Å². The highest BCUT2D eigenvalue weighted by molar-refractivity contribution is 6.00. The third-order valence-electron chi connectivity index (χ3n) is 13.9. The van der Waals surface area contributed by atoms with E-state index in [-0.39, 0.29) is 67.9 Å². The first-order chi connectivity index (χ1) is 19.5. The van der Waals surface area contributed by atoms with E-state index < -0.39 is 0 Å². The lowest BCUT2D eigenvalue weighted by atomic mass is 9.35. The molecular weight excluding hydrogens is 520 g/mol. The highest BCUT2D eigenvalue weighted by Gasteiger charge is 2.68. The molecule has 4 fully saturated rings. The molecule has 1 saturated heterocycles. The number of nitriles is 1. The molecule has 7 atom stereocenters. The molecule has 0 N–H and O–H groups in total. The Hall–Kier alpha value is -2.22. The van der Waals surface area contributed by atoms with Crippen LogP contribution in [0, 0.1) is 62.1 Å². The predicted octanol–water partition coefficient (Wildman–Crippen LogP) is 7.85. The van der Waals surface area contributed by atoms with Gasteiger partial charge in [0.15, 0.2) is 11.6 Å². The molecule has 1 amide bonds. The summed E-state index contributed by atoms with van der Waals surface area (Å²) < 4.78 is 0. The van der Waals surface area contributed by atoms with Gasteiger partial charge in [-0.3, -0.25) is 14.4 Å². The van der Waals surface area contributed by atoms with E-state index in [1.54, 1.807) is 0 Å². The second-order valence-electron chi connectivity index (χ2n) is 16.7. The predicted molar refractivity (Wildman–Crippen MR) is 166 cm³/mol. The number of rotatable bonds is 6. The number of ketones is 2. The zero-order valence-corrected chi connectivity index (χ0v) is 27.4. The largest absolute Gasteiger partial charge is 0.343 e. The molecular formula is C37H54N2O3. The standard InChI is InChI=1S/C37H54N2O3/c1-24(23-38)32(42)25(2)26-11-13-35(7)29(34(26,5)6)21-28(40)31-27-22-33(3,4)15-17-37(27,18-16-36(31,35)8)14-12-30(41)39-19-9-10-20-39/h21,25-27,31H,1,9-20,22H2,2-8H3/t25-,26-,27?,31?,35+,36+,37+/m0/s1.